The maximum atomic E-state index is 13.1. The molecule has 2 fully saturated rings. The molecule has 2 aliphatic heterocycles. The van der Waals surface area contributed by atoms with Gasteiger partial charge in [0.2, 0.25) is 5.91 Å². The predicted molar refractivity (Wildman–Crippen MR) is 118 cm³/mol. The summed E-state index contributed by atoms with van der Waals surface area (Å²) in [5.74, 6) is -0.316. The Morgan fingerprint density at radius 1 is 1.00 bits per heavy atom. The first-order valence-corrected chi connectivity index (χ1v) is 11.3. The quantitative estimate of drug-likeness (QED) is 0.732. The van der Waals surface area contributed by atoms with Crippen LogP contribution >= 0.6 is 0 Å². The molecule has 5 rings (SSSR count). The highest BCUT2D eigenvalue weighted by molar-refractivity contribution is 5.98. The third-order valence-electron chi connectivity index (χ3n) is 6.37. The van der Waals surface area contributed by atoms with E-state index >= 15 is 0 Å². The molecule has 1 N–H and O–H groups in total. The van der Waals surface area contributed by atoms with E-state index in [2.05, 4.69) is 10.2 Å². The van der Waals surface area contributed by atoms with Crippen molar-refractivity contribution in [2.45, 2.75) is 31.4 Å². The van der Waals surface area contributed by atoms with Crippen LogP contribution in [-0.4, -0.2) is 66.3 Å². The van der Waals surface area contributed by atoms with Gasteiger partial charge in [0, 0.05) is 44.2 Å². The van der Waals surface area contributed by atoms with Gasteiger partial charge in [0.15, 0.2) is 0 Å². The average molecular weight is 434 g/mol. The number of amides is 2. The van der Waals surface area contributed by atoms with Gasteiger partial charge in [-0.3, -0.25) is 14.5 Å². The van der Waals surface area contributed by atoms with Crippen molar-refractivity contribution in [1.29, 1.82) is 0 Å². The van der Waals surface area contributed by atoms with Gasteiger partial charge in [-0.1, -0.05) is 30.3 Å². The normalized spacial score (nSPS) is 20.9. The fraction of sp³-hybridized carbons (Fsp3) is 0.400. The molecule has 1 atom stereocenters. The molecule has 7 nitrogen and oxygen atoms in total. The summed E-state index contributed by atoms with van der Waals surface area (Å²) >= 11 is 0. The van der Waals surface area contributed by atoms with Crippen LogP contribution in [0.4, 0.5) is 0 Å². The number of fused-ring (bicyclic) bond motifs is 1. The summed E-state index contributed by atoms with van der Waals surface area (Å²) in [6.45, 7) is 2.91. The summed E-state index contributed by atoms with van der Waals surface area (Å²) in [5, 5.41) is 3.01. The number of hydrogen-bond donors (Lipinski definition) is 1. The van der Waals surface area contributed by atoms with Crippen LogP contribution in [0.2, 0.25) is 0 Å². The standard InChI is InChI=1S/C25H27N3O4/c29-23(26-20-7-8-20)16-27-10-12-28(13-11-27)24(30)18-6-9-21-19(14-18)15-22(32-25(21)31)17-4-2-1-3-5-17/h1-6,9,14,20,22H,7-8,10-13,15-16H2,(H,26,29). The molecule has 166 valence electrons. The lowest BCUT2D eigenvalue weighted by atomic mass is 9.93. The van der Waals surface area contributed by atoms with Gasteiger partial charge in [-0.15, -0.1) is 0 Å². The molecule has 0 aromatic heterocycles. The summed E-state index contributed by atoms with van der Waals surface area (Å²) in [7, 11) is 0. The Balaban J connectivity index is 1.22. The first kappa shape index (κ1) is 20.7. The lowest BCUT2D eigenvalue weighted by Crippen LogP contribution is -2.51. The van der Waals surface area contributed by atoms with Crippen LogP contribution in [0, 0.1) is 0 Å². The molecule has 1 saturated heterocycles. The SMILES string of the molecule is O=C(CN1CCN(C(=O)c2ccc3c(c2)CC(c2ccccc2)OC3=O)CC1)NC1CC1. The molecule has 2 aromatic carbocycles. The molecule has 7 heteroatoms. The second kappa shape index (κ2) is 8.74. The zero-order chi connectivity index (χ0) is 22.1. The topological polar surface area (TPSA) is 79.0 Å². The van der Waals surface area contributed by atoms with Crippen LogP contribution in [-0.2, 0) is 16.0 Å². The number of ether oxygens (including phenoxy) is 1. The van der Waals surface area contributed by atoms with E-state index < -0.39 is 0 Å². The number of piperazine rings is 1. The number of carbonyl (C=O) groups is 3. The van der Waals surface area contributed by atoms with Crippen molar-refractivity contribution in [2.24, 2.45) is 0 Å². The summed E-state index contributed by atoms with van der Waals surface area (Å²) in [6.07, 6.45) is 2.37. The van der Waals surface area contributed by atoms with Crippen molar-refractivity contribution in [3.8, 4) is 0 Å². The first-order chi connectivity index (χ1) is 15.6. The van der Waals surface area contributed by atoms with E-state index in [-0.39, 0.29) is 23.9 Å². The van der Waals surface area contributed by atoms with Gasteiger partial charge < -0.3 is 15.0 Å². The fourth-order valence-electron chi connectivity index (χ4n) is 4.38. The molecule has 0 bridgehead atoms. The zero-order valence-corrected chi connectivity index (χ0v) is 18.0. The van der Waals surface area contributed by atoms with E-state index in [1.165, 1.54) is 0 Å². The van der Waals surface area contributed by atoms with E-state index in [0.717, 1.165) is 24.0 Å². The molecule has 2 amide bonds. The molecule has 1 unspecified atom stereocenters. The Hall–Kier alpha value is -3.19. The van der Waals surface area contributed by atoms with Crippen LogP contribution in [0.25, 0.3) is 0 Å². The highest BCUT2D eigenvalue weighted by atomic mass is 16.5. The van der Waals surface area contributed by atoms with Gasteiger partial charge in [0.25, 0.3) is 5.91 Å². The molecule has 3 aliphatic rings. The number of benzene rings is 2. The van der Waals surface area contributed by atoms with Crippen molar-refractivity contribution >= 4 is 17.8 Å². The van der Waals surface area contributed by atoms with Gasteiger partial charge in [0.1, 0.15) is 6.10 Å². The van der Waals surface area contributed by atoms with Gasteiger partial charge in [0.05, 0.1) is 12.1 Å². The number of carbonyl (C=O) groups excluding carboxylic acids is 3. The molecular formula is C25H27N3O4. The Bertz CT molecular complexity index is 1030. The van der Waals surface area contributed by atoms with E-state index in [0.29, 0.717) is 56.3 Å². The second-order valence-corrected chi connectivity index (χ2v) is 8.79. The lowest BCUT2D eigenvalue weighted by Gasteiger charge is -2.34. The minimum Gasteiger partial charge on any atom is -0.454 e. The highest BCUT2D eigenvalue weighted by Gasteiger charge is 2.30. The van der Waals surface area contributed by atoms with E-state index in [1.54, 1.807) is 12.1 Å². The van der Waals surface area contributed by atoms with Crippen molar-refractivity contribution in [2.75, 3.05) is 32.7 Å². The Kier molecular flexibility index (Phi) is 5.66. The Morgan fingerprint density at radius 3 is 2.47 bits per heavy atom. The molecule has 2 aromatic rings. The fourth-order valence-corrected chi connectivity index (χ4v) is 4.38. The maximum Gasteiger partial charge on any atom is 0.339 e. The summed E-state index contributed by atoms with van der Waals surface area (Å²) in [4.78, 5) is 41.5. The van der Waals surface area contributed by atoms with Crippen LogP contribution in [0.1, 0.15) is 50.8 Å². The zero-order valence-electron chi connectivity index (χ0n) is 18.0. The number of esters is 1. The van der Waals surface area contributed by atoms with E-state index in [4.69, 9.17) is 4.74 Å². The van der Waals surface area contributed by atoms with Gasteiger partial charge in [-0.25, -0.2) is 4.79 Å². The van der Waals surface area contributed by atoms with Gasteiger partial charge >= 0.3 is 5.97 Å². The van der Waals surface area contributed by atoms with Crippen molar-refractivity contribution in [1.82, 2.24) is 15.1 Å². The number of nitrogens with one attached hydrogen (secondary N) is 1. The molecule has 1 saturated carbocycles. The molecule has 0 radical (unpaired) electrons. The molecule has 32 heavy (non-hydrogen) atoms. The molecule has 0 spiro atoms. The Labute approximate surface area is 187 Å². The summed E-state index contributed by atoms with van der Waals surface area (Å²) in [6, 6.07) is 15.3. The van der Waals surface area contributed by atoms with Crippen molar-refractivity contribution < 1.29 is 19.1 Å². The van der Waals surface area contributed by atoms with Gasteiger partial charge in [-0.05, 0) is 42.2 Å². The third-order valence-corrected chi connectivity index (χ3v) is 6.37. The predicted octanol–water partition coefficient (Wildman–Crippen LogP) is 2.18. The van der Waals surface area contributed by atoms with E-state index in [1.807, 2.05) is 41.3 Å². The van der Waals surface area contributed by atoms with Crippen LogP contribution in [0.3, 0.4) is 0 Å². The highest BCUT2D eigenvalue weighted by Crippen LogP contribution is 2.31. The minimum atomic E-state index is -0.350. The minimum absolute atomic E-state index is 0.0370. The van der Waals surface area contributed by atoms with Crippen molar-refractivity contribution in [3.63, 3.8) is 0 Å². The van der Waals surface area contributed by atoms with E-state index in [9.17, 15) is 14.4 Å². The van der Waals surface area contributed by atoms with Crippen LogP contribution in [0.5, 0.6) is 0 Å². The smallest absolute Gasteiger partial charge is 0.339 e. The Morgan fingerprint density at radius 2 is 1.75 bits per heavy atom. The number of rotatable bonds is 5. The van der Waals surface area contributed by atoms with Crippen LogP contribution in [0.15, 0.2) is 48.5 Å². The van der Waals surface area contributed by atoms with Gasteiger partial charge in [-0.2, -0.15) is 0 Å². The summed E-state index contributed by atoms with van der Waals surface area (Å²) in [5.41, 5.74) is 2.91. The summed E-state index contributed by atoms with van der Waals surface area (Å²) < 4.78 is 5.61. The largest absolute Gasteiger partial charge is 0.454 e. The number of hydrogen-bond acceptors (Lipinski definition) is 5. The second-order valence-electron chi connectivity index (χ2n) is 8.79. The van der Waals surface area contributed by atoms with Crippen LogP contribution < -0.4 is 5.32 Å². The average Bonchev–Trinajstić information content (AvgIpc) is 3.63. The first-order valence-electron chi connectivity index (χ1n) is 11.3. The number of nitrogens with zero attached hydrogens (tertiary/aromatic N) is 2. The molecular weight excluding hydrogens is 406 g/mol. The maximum absolute atomic E-state index is 13.1. The van der Waals surface area contributed by atoms with Crippen molar-refractivity contribution in [3.05, 3.63) is 70.8 Å². The molecule has 2 heterocycles. The monoisotopic (exact) mass is 433 g/mol. The third kappa shape index (κ3) is 4.53. The number of cyclic esters (lactones) is 1. The molecule has 1 aliphatic carbocycles. The lowest BCUT2D eigenvalue weighted by molar-refractivity contribution is -0.122.